The summed E-state index contributed by atoms with van der Waals surface area (Å²) in [6, 6.07) is 21.1. The van der Waals surface area contributed by atoms with Crippen LogP contribution in [0.15, 0.2) is 83.6 Å². The molecule has 1 fully saturated rings. The van der Waals surface area contributed by atoms with Gasteiger partial charge in [0, 0.05) is 12.1 Å². The van der Waals surface area contributed by atoms with Gasteiger partial charge in [-0.25, -0.2) is 5.01 Å². The predicted molar refractivity (Wildman–Crippen MR) is 132 cm³/mol. The van der Waals surface area contributed by atoms with Gasteiger partial charge in [0.25, 0.3) is 5.91 Å². The molecule has 2 aromatic carbocycles. The third-order valence-corrected chi connectivity index (χ3v) is 6.51. The zero-order valence-electron chi connectivity index (χ0n) is 19.3. The van der Waals surface area contributed by atoms with Crippen LogP contribution in [0.3, 0.4) is 0 Å². The second kappa shape index (κ2) is 9.51. The molecule has 2 aliphatic rings. The SMILES string of the molecule is COc1ccc(/C=C2\CCCC3C2=NN(C(=O)c2ccccn2)C3c2ccc(OC)cc2)cc1. The quantitative estimate of drug-likeness (QED) is 0.509. The van der Waals surface area contributed by atoms with Gasteiger partial charge in [-0.05, 0) is 78.4 Å². The van der Waals surface area contributed by atoms with Crippen LogP contribution in [0.5, 0.6) is 11.5 Å². The molecule has 0 N–H and O–H groups in total. The number of hydrogen-bond acceptors (Lipinski definition) is 5. The summed E-state index contributed by atoms with van der Waals surface area (Å²) in [5.74, 6) is 1.55. The van der Waals surface area contributed by atoms with Gasteiger partial charge in [-0.1, -0.05) is 30.3 Å². The summed E-state index contributed by atoms with van der Waals surface area (Å²) in [4.78, 5) is 17.8. The smallest absolute Gasteiger partial charge is 0.293 e. The Bertz CT molecular complexity index is 1220. The molecule has 6 nitrogen and oxygen atoms in total. The number of rotatable bonds is 5. The number of amides is 1. The third kappa shape index (κ3) is 4.19. The Labute approximate surface area is 199 Å². The maximum absolute atomic E-state index is 13.5. The number of hydrazone groups is 1. The molecule has 0 bridgehead atoms. The highest BCUT2D eigenvalue weighted by atomic mass is 16.5. The van der Waals surface area contributed by atoms with Crippen molar-refractivity contribution in [2.75, 3.05) is 14.2 Å². The maximum Gasteiger partial charge on any atom is 0.293 e. The highest BCUT2D eigenvalue weighted by Gasteiger charge is 2.44. The van der Waals surface area contributed by atoms with E-state index in [9.17, 15) is 4.79 Å². The highest BCUT2D eigenvalue weighted by Crippen LogP contribution is 2.45. The van der Waals surface area contributed by atoms with Crippen molar-refractivity contribution in [3.8, 4) is 11.5 Å². The van der Waals surface area contributed by atoms with Crippen molar-refractivity contribution in [3.63, 3.8) is 0 Å². The second-order valence-corrected chi connectivity index (χ2v) is 8.51. The van der Waals surface area contributed by atoms with Crippen molar-refractivity contribution < 1.29 is 14.3 Å². The molecule has 172 valence electrons. The summed E-state index contributed by atoms with van der Waals surface area (Å²) in [6.45, 7) is 0. The summed E-state index contributed by atoms with van der Waals surface area (Å²) in [5.41, 5.74) is 4.70. The van der Waals surface area contributed by atoms with Crippen LogP contribution in [-0.2, 0) is 0 Å². The number of pyridine rings is 1. The Morgan fingerprint density at radius 3 is 2.32 bits per heavy atom. The molecule has 1 saturated carbocycles. The number of aromatic nitrogens is 1. The Morgan fingerprint density at radius 1 is 0.971 bits per heavy atom. The third-order valence-electron chi connectivity index (χ3n) is 6.51. The van der Waals surface area contributed by atoms with Crippen molar-refractivity contribution in [2.45, 2.75) is 25.3 Å². The van der Waals surface area contributed by atoms with Crippen LogP contribution in [0.25, 0.3) is 6.08 Å². The first kappa shape index (κ1) is 21.9. The maximum atomic E-state index is 13.5. The molecule has 0 spiro atoms. The van der Waals surface area contributed by atoms with E-state index in [1.807, 2.05) is 60.7 Å². The van der Waals surface area contributed by atoms with E-state index >= 15 is 0 Å². The first-order valence-corrected chi connectivity index (χ1v) is 11.5. The molecule has 1 aliphatic carbocycles. The monoisotopic (exact) mass is 453 g/mol. The lowest BCUT2D eigenvalue weighted by molar-refractivity contribution is 0.0675. The van der Waals surface area contributed by atoms with E-state index in [1.165, 1.54) is 5.57 Å². The van der Waals surface area contributed by atoms with Gasteiger partial charge in [-0.2, -0.15) is 5.10 Å². The van der Waals surface area contributed by atoms with E-state index in [0.29, 0.717) is 5.69 Å². The van der Waals surface area contributed by atoms with Crippen LogP contribution >= 0.6 is 0 Å². The second-order valence-electron chi connectivity index (χ2n) is 8.51. The molecule has 0 saturated heterocycles. The minimum absolute atomic E-state index is 0.124. The van der Waals surface area contributed by atoms with Crippen molar-refractivity contribution in [2.24, 2.45) is 11.0 Å². The molecule has 3 aromatic rings. The number of carbonyl (C=O) groups excluding carboxylic acids is 1. The zero-order chi connectivity index (χ0) is 23.5. The lowest BCUT2D eigenvalue weighted by Gasteiger charge is -2.29. The topological polar surface area (TPSA) is 64.0 Å². The summed E-state index contributed by atoms with van der Waals surface area (Å²) in [6.07, 6.45) is 6.78. The highest BCUT2D eigenvalue weighted by molar-refractivity contribution is 6.09. The van der Waals surface area contributed by atoms with Crippen LogP contribution in [-0.4, -0.2) is 35.8 Å². The van der Waals surface area contributed by atoms with Crippen LogP contribution in [0.4, 0.5) is 0 Å². The standard InChI is InChI=1S/C28H27N3O3/c1-33-22-13-9-19(10-14-22)18-21-6-5-7-24-26(21)30-31(28(32)25-8-3-4-17-29-25)27(24)20-11-15-23(34-2)16-12-20/h3-4,8-18,24,27H,5-7H2,1-2H3/b21-18+. The minimum atomic E-state index is -0.188. The van der Waals surface area contributed by atoms with E-state index in [2.05, 4.69) is 11.1 Å². The minimum Gasteiger partial charge on any atom is -0.497 e. The molecule has 5 rings (SSSR count). The molecular formula is C28H27N3O3. The average molecular weight is 454 g/mol. The Morgan fingerprint density at radius 2 is 1.68 bits per heavy atom. The fourth-order valence-corrected chi connectivity index (χ4v) is 4.81. The number of carbonyl (C=O) groups is 1. The molecule has 2 unspecified atom stereocenters. The van der Waals surface area contributed by atoms with Crippen LogP contribution in [0.2, 0.25) is 0 Å². The van der Waals surface area contributed by atoms with Gasteiger partial charge in [-0.3, -0.25) is 9.78 Å². The van der Waals surface area contributed by atoms with Gasteiger partial charge in [0.1, 0.15) is 17.2 Å². The zero-order valence-corrected chi connectivity index (χ0v) is 19.3. The Balaban J connectivity index is 1.55. The van der Waals surface area contributed by atoms with Gasteiger partial charge in [0.2, 0.25) is 0 Å². The number of benzene rings is 2. The van der Waals surface area contributed by atoms with Gasteiger partial charge in [0.05, 0.1) is 26.0 Å². The fourth-order valence-electron chi connectivity index (χ4n) is 4.81. The van der Waals surface area contributed by atoms with Crippen LogP contribution in [0, 0.1) is 5.92 Å². The fraction of sp³-hybridized carbons (Fsp3) is 0.250. The van der Waals surface area contributed by atoms with Crippen molar-refractivity contribution in [3.05, 3.63) is 95.3 Å². The Kier molecular flexibility index (Phi) is 6.12. The Hall–Kier alpha value is -3.93. The summed E-state index contributed by atoms with van der Waals surface area (Å²) in [7, 11) is 3.32. The molecule has 1 aromatic heterocycles. The summed E-state index contributed by atoms with van der Waals surface area (Å²) >= 11 is 0. The lowest BCUT2D eigenvalue weighted by Crippen LogP contribution is -2.32. The van der Waals surface area contributed by atoms with E-state index in [-0.39, 0.29) is 17.9 Å². The molecule has 34 heavy (non-hydrogen) atoms. The van der Waals surface area contributed by atoms with Gasteiger partial charge in [-0.15, -0.1) is 0 Å². The van der Waals surface area contributed by atoms with Crippen molar-refractivity contribution in [1.82, 2.24) is 9.99 Å². The normalized spacial score (nSPS) is 20.6. The number of allylic oxidation sites excluding steroid dienone is 1. The van der Waals surface area contributed by atoms with E-state index < -0.39 is 0 Å². The number of hydrogen-bond donors (Lipinski definition) is 0. The molecule has 6 heteroatoms. The van der Waals surface area contributed by atoms with Crippen LogP contribution in [0.1, 0.15) is 46.9 Å². The van der Waals surface area contributed by atoms with Gasteiger partial charge < -0.3 is 9.47 Å². The summed E-state index contributed by atoms with van der Waals surface area (Å²) < 4.78 is 10.6. The van der Waals surface area contributed by atoms with Gasteiger partial charge in [0.15, 0.2) is 0 Å². The largest absolute Gasteiger partial charge is 0.497 e. The lowest BCUT2D eigenvalue weighted by atomic mass is 9.77. The molecule has 1 amide bonds. The van der Waals surface area contributed by atoms with Crippen molar-refractivity contribution in [1.29, 1.82) is 0 Å². The molecule has 0 radical (unpaired) electrons. The number of ether oxygens (including phenoxy) is 2. The number of nitrogens with zero attached hydrogens (tertiary/aromatic N) is 3. The van der Waals surface area contributed by atoms with Crippen molar-refractivity contribution >= 4 is 17.7 Å². The van der Waals surface area contributed by atoms with E-state index in [4.69, 9.17) is 14.6 Å². The van der Waals surface area contributed by atoms with E-state index in [0.717, 1.165) is 47.6 Å². The first-order valence-electron chi connectivity index (χ1n) is 11.5. The van der Waals surface area contributed by atoms with Gasteiger partial charge >= 0.3 is 0 Å². The molecule has 1 aliphatic heterocycles. The number of fused-ring (bicyclic) bond motifs is 1. The summed E-state index contributed by atoms with van der Waals surface area (Å²) in [5, 5.41) is 6.57. The van der Waals surface area contributed by atoms with Crippen LogP contribution < -0.4 is 9.47 Å². The molecular weight excluding hydrogens is 426 g/mol. The average Bonchev–Trinajstić information content (AvgIpc) is 3.30. The first-order chi connectivity index (χ1) is 16.7. The number of methoxy groups -OCH3 is 2. The molecule has 2 atom stereocenters. The predicted octanol–water partition coefficient (Wildman–Crippen LogP) is 5.54. The molecule has 2 heterocycles. The van der Waals surface area contributed by atoms with E-state index in [1.54, 1.807) is 31.5 Å².